The highest BCUT2D eigenvalue weighted by molar-refractivity contribution is 5.97. The number of hydrogen-bond donors (Lipinski definition) is 3. The first-order valence-electron chi connectivity index (χ1n) is 12.1. The van der Waals surface area contributed by atoms with E-state index in [2.05, 4.69) is 35.5 Å². The summed E-state index contributed by atoms with van der Waals surface area (Å²) >= 11 is 0. The number of benzene rings is 1. The molecule has 1 fully saturated rings. The molecule has 1 aliphatic rings. The molecule has 0 radical (unpaired) electrons. The lowest BCUT2D eigenvalue weighted by atomic mass is 10.0. The van der Waals surface area contributed by atoms with Crippen molar-refractivity contribution in [2.45, 2.75) is 37.8 Å². The Labute approximate surface area is 223 Å². The summed E-state index contributed by atoms with van der Waals surface area (Å²) in [4.78, 5) is 22.4. The van der Waals surface area contributed by atoms with Crippen molar-refractivity contribution in [3.8, 4) is 16.8 Å². The lowest BCUT2D eigenvalue weighted by Crippen LogP contribution is -2.58. The number of alkyl halides is 3. The maximum Gasteiger partial charge on any atom is 0.435 e. The lowest BCUT2D eigenvalue weighted by Gasteiger charge is -2.42. The summed E-state index contributed by atoms with van der Waals surface area (Å²) in [7, 11) is 0. The van der Waals surface area contributed by atoms with E-state index in [0.717, 1.165) is 28.1 Å². The molecule has 0 saturated carbocycles. The van der Waals surface area contributed by atoms with Gasteiger partial charge in [0.1, 0.15) is 11.9 Å². The Morgan fingerprint density at radius 1 is 1.18 bits per heavy atom. The number of hydrogen-bond acceptors (Lipinski definition) is 8. The van der Waals surface area contributed by atoms with Crippen molar-refractivity contribution < 1.29 is 27.8 Å². The van der Waals surface area contributed by atoms with Crippen LogP contribution in [0.3, 0.4) is 0 Å². The molecule has 1 amide bonds. The van der Waals surface area contributed by atoms with Crippen LogP contribution in [0.1, 0.15) is 31.5 Å². The zero-order chi connectivity index (χ0) is 28.2. The Bertz CT molecular complexity index is 1690. The molecule has 6 rings (SSSR count). The Hall–Kier alpha value is -4.63. The molecule has 1 aromatic carbocycles. The Morgan fingerprint density at radius 3 is 2.75 bits per heavy atom. The van der Waals surface area contributed by atoms with Gasteiger partial charge in [-0.1, -0.05) is 6.07 Å². The third-order valence-electron chi connectivity index (χ3n) is 6.44. The average Bonchev–Trinajstić information content (AvgIpc) is 3.69. The van der Waals surface area contributed by atoms with E-state index >= 15 is 0 Å². The first-order valence-corrected chi connectivity index (χ1v) is 12.1. The number of halogens is 3. The number of nitrogens with one attached hydrogen (secondary N) is 2. The van der Waals surface area contributed by atoms with Crippen LogP contribution in [0.25, 0.3) is 27.8 Å². The van der Waals surface area contributed by atoms with Gasteiger partial charge in [0.05, 0.1) is 41.3 Å². The fourth-order valence-corrected chi connectivity index (χ4v) is 4.56. The van der Waals surface area contributed by atoms with Gasteiger partial charge in [-0.15, -0.1) is 10.2 Å². The molecular weight excluding hydrogens is 531 g/mol. The number of imidazole rings is 1. The molecule has 12 nitrogen and oxygen atoms in total. The summed E-state index contributed by atoms with van der Waals surface area (Å²) in [6.45, 7) is 3.59. The summed E-state index contributed by atoms with van der Waals surface area (Å²) < 4.78 is 46.4. The second-order valence-corrected chi connectivity index (χ2v) is 9.92. The number of anilines is 1. The van der Waals surface area contributed by atoms with E-state index in [1.807, 2.05) is 12.1 Å². The van der Waals surface area contributed by atoms with Crippen molar-refractivity contribution in [1.29, 1.82) is 0 Å². The molecule has 1 aliphatic heterocycles. The van der Waals surface area contributed by atoms with Crippen LogP contribution in [0.15, 0.2) is 55.1 Å². The van der Waals surface area contributed by atoms with Crippen molar-refractivity contribution in [3.63, 3.8) is 0 Å². The molecule has 3 N–H and O–H groups in total. The maximum atomic E-state index is 13.6. The molecule has 5 heterocycles. The van der Waals surface area contributed by atoms with E-state index in [1.54, 1.807) is 32.3 Å². The Kier molecular flexibility index (Phi) is 5.92. The number of ether oxygens (including phenoxy) is 1. The van der Waals surface area contributed by atoms with E-state index in [1.165, 1.54) is 17.2 Å². The monoisotopic (exact) mass is 553 g/mol. The number of carbonyl (C=O) groups excluding carboxylic acids is 1. The smallest absolute Gasteiger partial charge is 0.382 e. The minimum atomic E-state index is -4.68. The number of rotatable bonds is 5. The highest BCUT2D eigenvalue weighted by atomic mass is 19.4. The van der Waals surface area contributed by atoms with Crippen LogP contribution in [0, 0.1) is 0 Å². The van der Waals surface area contributed by atoms with Crippen LogP contribution in [0.5, 0.6) is 0 Å². The van der Waals surface area contributed by atoms with E-state index in [0.29, 0.717) is 11.0 Å². The van der Waals surface area contributed by atoms with Gasteiger partial charge in [0.2, 0.25) is 0 Å². The molecule has 206 valence electrons. The number of carbonyl (C=O) groups is 1. The topological polar surface area (TPSA) is 151 Å². The maximum absolute atomic E-state index is 13.6. The van der Waals surface area contributed by atoms with Crippen LogP contribution in [-0.2, 0) is 15.7 Å². The fourth-order valence-electron chi connectivity index (χ4n) is 4.56. The van der Waals surface area contributed by atoms with Crippen molar-refractivity contribution in [2.75, 3.05) is 11.4 Å². The number of fused-ring (bicyclic) bond motifs is 1. The van der Waals surface area contributed by atoms with E-state index in [9.17, 15) is 23.1 Å². The van der Waals surface area contributed by atoms with Gasteiger partial charge in [-0.3, -0.25) is 14.8 Å². The molecule has 0 unspecified atom stereocenters. The van der Waals surface area contributed by atoms with Gasteiger partial charge in [0, 0.05) is 24.0 Å². The van der Waals surface area contributed by atoms with Crippen molar-refractivity contribution in [2.24, 2.45) is 0 Å². The van der Waals surface area contributed by atoms with Crippen molar-refractivity contribution in [3.05, 3.63) is 66.6 Å². The zero-order valence-electron chi connectivity index (χ0n) is 21.1. The molecule has 15 heteroatoms. The Morgan fingerprint density at radius 2 is 2.00 bits per heavy atom. The highest BCUT2D eigenvalue weighted by Gasteiger charge is 2.45. The first-order chi connectivity index (χ1) is 19.0. The number of amides is 1. The minimum absolute atomic E-state index is 0.0159. The number of aromatic amines is 2. The predicted octanol–water partition coefficient (Wildman–Crippen LogP) is 3.19. The third kappa shape index (κ3) is 4.69. The molecule has 0 aliphatic carbocycles. The molecule has 4 aromatic heterocycles. The third-order valence-corrected chi connectivity index (χ3v) is 6.44. The average molecular weight is 554 g/mol. The van der Waals surface area contributed by atoms with Gasteiger partial charge >= 0.3 is 6.18 Å². The predicted molar refractivity (Wildman–Crippen MR) is 134 cm³/mol. The van der Waals surface area contributed by atoms with Crippen LogP contribution < -0.4 is 4.90 Å². The fraction of sp³-hybridized carbons (Fsp3) is 0.280. The summed E-state index contributed by atoms with van der Waals surface area (Å²) in [5.41, 5.74) is 0.937. The number of aliphatic hydroxyl groups excluding tert-OH is 1. The SMILES string of the molecule is CC1(C)CN(c2ccn(-c3cnnc(C(F)(F)F)c3)n2)C(=O)[C@@H]([C@@H](O)c2nc3ccc(-c4cn[nH]c4)cc3[nH]2)O1. The second-order valence-electron chi connectivity index (χ2n) is 9.92. The minimum Gasteiger partial charge on any atom is -0.382 e. The van der Waals surface area contributed by atoms with Gasteiger partial charge in [-0.25, -0.2) is 9.67 Å². The number of nitrogens with zero attached hydrogens (tertiary/aromatic N) is 7. The summed E-state index contributed by atoms with van der Waals surface area (Å²) in [5, 5.41) is 28.8. The molecule has 0 spiro atoms. The van der Waals surface area contributed by atoms with Gasteiger partial charge in [-0.2, -0.15) is 23.4 Å². The summed E-state index contributed by atoms with van der Waals surface area (Å²) in [5.74, 6) is -0.276. The molecule has 2 atom stereocenters. The second kappa shape index (κ2) is 9.24. The first kappa shape index (κ1) is 25.6. The largest absolute Gasteiger partial charge is 0.435 e. The van der Waals surface area contributed by atoms with Gasteiger partial charge in [-0.05, 0) is 37.6 Å². The number of aromatic nitrogens is 8. The lowest BCUT2D eigenvalue weighted by molar-refractivity contribution is -0.166. The van der Waals surface area contributed by atoms with Crippen LogP contribution in [0.2, 0.25) is 0 Å². The van der Waals surface area contributed by atoms with Gasteiger partial charge in [0.15, 0.2) is 17.6 Å². The highest BCUT2D eigenvalue weighted by Crippen LogP contribution is 2.33. The quantitative estimate of drug-likeness (QED) is 0.300. The normalized spacial score (nSPS) is 18.4. The van der Waals surface area contributed by atoms with Crippen LogP contribution >= 0.6 is 0 Å². The number of aliphatic hydroxyl groups is 1. The molecule has 0 bridgehead atoms. The van der Waals surface area contributed by atoms with Crippen LogP contribution in [0.4, 0.5) is 19.0 Å². The summed E-state index contributed by atoms with van der Waals surface area (Å²) in [6, 6.07) is 7.79. The number of morpholine rings is 1. The van der Waals surface area contributed by atoms with E-state index in [-0.39, 0.29) is 23.9 Å². The summed E-state index contributed by atoms with van der Waals surface area (Å²) in [6.07, 6.45) is -1.49. The van der Waals surface area contributed by atoms with Crippen LogP contribution in [-0.4, -0.2) is 69.4 Å². The van der Waals surface area contributed by atoms with E-state index in [4.69, 9.17) is 4.74 Å². The number of H-pyrrole nitrogens is 2. The molecular formula is C25H22F3N9O3. The zero-order valence-corrected chi connectivity index (χ0v) is 21.1. The van der Waals surface area contributed by atoms with Gasteiger partial charge in [0.25, 0.3) is 5.91 Å². The molecule has 5 aromatic rings. The van der Waals surface area contributed by atoms with Crippen molar-refractivity contribution >= 4 is 22.8 Å². The molecule has 40 heavy (non-hydrogen) atoms. The van der Waals surface area contributed by atoms with Gasteiger partial charge < -0.3 is 14.8 Å². The Balaban J connectivity index is 1.28. The standard InChI is InChI=1S/C25H22F3N9O3/c1-24(2)12-36(19-5-6-37(35-19)15-8-18(25(26,27)28)34-31-11-15)23(39)21(40-24)20(38)22-32-16-4-3-13(7-17(16)33-22)14-9-29-30-10-14/h3-11,20-21,38H,12H2,1-2H3,(H,29,30)(H,32,33)/t20-,21-/m1/s1. The molecule has 1 saturated heterocycles. The van der Waals surface area contributed by atoms with Crippen molar-refractivity contribution in [1.82, 2.24) is 40.1 Å². The van der Waals surface area contributed by atoms with E-state index < -0.39 is 35.6 Å².